The lowest BCUT2D eigenvalue weighted by Crippen LogP contribution is -2.29. The molecule has 6 nitrogen and oxygen atoms in total. The van der Waals surface area contributed by atoms with Crippen LogP contribution in [0, 0.1) is 0 Å². The molecule has 6 heteroatoms. The normalized spacial score (nSPS) is 10.8. The zero-order chi connectivity index (χ0) is 19.3. The van der Waals surface area contributed by atoms with Gasteiger partial charge in [-0.05, 0) is 29.8 Å². The number of carbonyl (C=O) groups is 1. The van der Waals surface area contributed by atoms with Gasteiger partial charge in [0.2, 0.25) is 11.8 Å². The molecular formula is C22H20N4O2. The summed E-state index contributed by atoms with van der Waals surface area (Å²) in [6, 6.07) is 23.3. The summed E-state index contributed by atoms with van der Waals surface area (Å²) in [6.45, 7) is 0.768. The molecule has 28 heavy (non-hydrogen) atoms. The lowest BCUT2D eigenvalue weighted by Gasteiger charge is -2.18. The highest BCUT2D eigenvalue weighted by atomic mass is 16.4. The summed E-state index contributed by atoms with van der Waals surface area (Å²) in [7, 11) is 1.80. The van der Waals surface area contributed by atoms with Gasteiger partial charge in [0.25, 0.3) is 5.89 Å². The summed E-state index contributed by atoms with van der Waals surface area (Å²) >= 11 is 0. The van der Waals surface area contributed by atoms with Crippen LogP contribution in [0.2, 0.25) is 0 Å². The van der Waals surface area contributed by atoms with Gasteiger partial charge in [0.15, 0.2) is 0 Å². The molecule has 0 bridgehead atoms. The van der Waals surface area contributed by atoms with Crippen molar-refractivity contribution in [3.8, 4) is 23.0 Å². The van der Waals surface area contributed by atoms with E-state index < -0.39 is 0 Å². The van der Waals surface area contributed by atoms with Crippen LogP contribution in [0.3, 0.4) is 0 Å². The van der Waals surface area contributed by atoms with Crippen LogP contribution >= 0.6 is 0 Å². The van der Waals surface area contributed by atoms with Crippen molar-refractivity contribution in [3.63, 3.8) is 0 Å². The number of amides is 1. The Kier molecular flexibility index (Phi) is 5.01. The molecule has 0 atom stereocenters. The Morgan fingerprint density at radius 3 is 2.36 bits per heavy atom. The third-order valence-electron chi connectivity index (χ3n) is 4.49. The summed E-state index contributed by atoms with van der Waals surface area (Å²) in [5.74, 6) is 0.849. The first-order valence-electron chi connectivity index (χ1n) is 9.03. The van der Waals surface area contributed by atoms with Gasteiger partial charge in [0.1, 0.15) is 12.2 Å². The molecule has 0 aliphatic heterocycles. The summed E-state index contributed by atoms with van der Waals surface area (Å²) in [5, 5.41) is 8.28. The molecule has 0 fully saturated rings. The maximum atomic E-state index is 12.7. The Hall–Kier alpha value is -3.67. The van der Waals surface area contributed by atoms with Crippen LogP contribution in [0.5, 0.6) is 0 Å². The minimum Gasteiger partial charge on any atom is -0.415 e. The van der Waals surface area contributed by atoms with Gasteiger partial charge in [0.05, 0.1) is 0 Å². The summed E-state index contributed by atoms with van der Waals surface area (Å²) in [6.07, 6.45) is 1.84. The molecule has 4 rings (SSSR count). The lowest BCUT2D eigenvalue weighted by atomic mass is 10.2. The predicted molar refractivity (Wildman–Crippen MR) is 106 cm³/mol. The Morgan fingerprint density at radius 1 is 0.929 bits per heavy atom. The van der Waals surface area contributed by atoms with Crippen LogP contribution in [0.4, 0.5) is 0 Å². The minimum absolute atomic E-state index is 0.00380. The number of likely N-dealkylation sites (N-methyl/N-ethyl adjacent to an activating group) is 1. The maximum absolute atomic E-state index is 12.7. The van der Waals surface area contributed by atoms with Crippen molar-refractivity contribution in [2.24, 2.45) is 0 Å². The third kappa shape index (κ3) is 3.86. The molecule has 2 aromatic carbocycles. The van der Waals surface area contributed by atoms with Crippen molar-refractivity contribution in [1.29, 1.82) is 0 Å². The maximum Gasteiger partial charge on any atom is 0.264 e. The van der Waals surface area contributed by atoms with Crippen molar-refractivity contribution in [2.75, 3.05) is 7.05 Å². The highest BCUT2D eigenvalue weighted by Gasteiger charge is 2.17. The van der Waals surface area contributed by atoms with E-state index in [1.54, 1.807) is 11.9 Å². The Bertz CT molecular complexity index is 1050. The van der Waals surface area contributed by atoms with E-state index >= 15 is 0 Å². The van der Waals surface area contributed by atoms with Gasteiger partial charge < -0.3 is 13.9 Å². The molecule has 2 heterocycles. The number of rotatable bonds is 6. The Balaban J connectivity index is 1.49. The molecule has 0 unspecified atom stereocenters. The molecule has 0 saturated carbocycles. The van der Waals surface area contributed by atoms with Crippen LogP contribution in [0.15, 0.2) is 83.4 Å². The van der Waals surface area contributed by atoms with E-state index in [0.717, 1.165) is 16.8 Å². The van der Waals surface area contributed by atoms with E-state index in [1.807, 2.05) is 83.6 Å². The molecule has 4 aromatic rings. The molecule has 1 amide bonds. The van der Waals surface area contributed by atoms with Crippen molar-refractivity contribution in [3.05, 3.63) is 84.6 Å². The second-order valence-electron chi connectivity index (χ2n) is 6.54. The standard InChI is InChI=1S/C22H20N4O2/c1-25(15-17-9-4-2-5-10-17)20(27)16-26-14-8-13-19(26)22-24-23-21(28-22)18-11-6-3-7-12-18/h2-14H,15-16H2,1H3. The predicted octanol–water partition coefficient (Wildman–Crippen LogP) is 3.86. The second kappa shape index (κ2) is 7.92. The topological polar surface area (TPSA) is 64.2 Å². The molecular weight excluding hydrogens is 352 g/mol. The van der Waals surface area contributed by atoms with Crippen LogP contribution in [0.1, 0.15) is 5.56 Å². The monoisotopic (exact) mass is 372 g/mol. The molecule has 0 aliphatic rings. The first-order chi connectivity index (χ1) is 13.7. The Labute approximate surface area is 163 Å². The number of aromatic nitrogens is 3. The van der Waals surface area contributed by atoms with Gasteiger partial charge in [-0.25, -0.2) is 0 Å². The molecule has 0 saturated heterocycles. The van der Waals surface area contributed by atoms with Crippen LogP contribution in [-0.2, 0) is 17.9 Å². The van der Waals surface area contributed by atoms with E-state index in [9.17, 15) is 4.79 Å². The van der Waals surface area contributed by atoms with Crippen LogP contribution in [0.25, 0.3) is 23.0 Å². The zero-order valence-corrected chi connectivity index (χ0v) is 15.5. The van der Waals surface area contributed by atoms with Gasteiger partial charge in [-0.2, -0.15) is 0 Å². The van der Waals surface area contributed by atoms with E-state index in [0.29, 0.717) is 18.3 Å². The molecule has 140 valence electrons. The smallest absolute Gasteiger partial charge is 0.264 e. The van der Waals surface area contributed by atoms with Crippen molar-refractivity contribution in [2.45, 2.75) is 13.1 Å². The highest BCUT2D eigenvalue weighted by Crippen LogP contribution is 2.24. The van der Waals surface area contributed by atoms with E-state index in [1.165, 1.54) is 0 Å². The van der Waals surface area contributed by atoms with E-state index in [4.69, 9.17) is 4.42 Å². The van der Waals surface area contributed by atoms with Gasteiger partial charge in [-0.3, -0.25) is 4.79 Å². The quantitative estimate of drug-likeness (QED) is 0.515. The van der Waals surface area contributed by atoms with Crippen molar-refractivity contribution >= 4 is 5.91 Å². The van der Waals surface area contributed by atoms with Crippen LogP contribution < -0.4 is 0 Å². The second-order valence-corrected chi connectivity index (χ2v) is 6.54. The molecule has 0 aliphatic carbocycles. The van der Waals surface area contributed by atoms with Crippen molar-refractivity contribution in [1.82, 2.24) is 19.7 Å². The van der Waals surface area contributed by atoms with Gasteiger partial charge in [-0.15, -0.1) is 10.2 Å². The number of carbonyl (C=O) groups excluding carboxylic acids is 1. The van der Waals surface area contributed by atoms with Crippen LogP contribution in [-0.4, -0.2) is 32.6 Å². The molecule has 0 spiro atoms. The number of hydrogen-bond donors (Lipinski definition) is 0. The SMILES string of the molecule is CN(Cc1ccccc1)C(=O)Cn1cccc1-c1nnc(-c2ccccc2)o1. The average molecular weight is 372 g/mol. The summed E-state index contributed by atoms with van der Waals surface area (Å²) < 4.78 is 7.65. The number of hydrogen-bond acceptors (Lipinski definition) is 4. The first kappa shape index (κ1) is 17.7. The van der Waals surface area contributed by atoms with E-state index in [2.05, 4.69) is 10.2 Å². The number of benzene rings is 2. The van der Waals surface area contributed by atoms with Gasteiger partial charge in [-0.1, -0.05) is 48.5 Å². The largest absolute Gasteiger partial charge is 0.415 e. The third-order valence-corrected chi connectivity index (χ3v) is 4.49. The van der Waals surface area contributed by atoms with E-state index in [-0.39, 0.29) is 12.5 Å². The lowest BCUT2D eigenvalue weighted by molar-refractivity contribution is -0.131. The molecule has 0 radical (unpaired) electrons. The molecule has 2 aromatic heterocycles. The van der Waals surface area contributed by atoms with Gasteiger partial charge >= 0.3 is 0 Å². The highest BCUT2D eigenvalue weighted by molar-refractivity contribution is 5.76. The summed E-state index contributed by atoms with van der Waals surface area (Å²) in [5.41, 5.74) is 2.67. The fourth-order valence-corrected chi connectivity index (χ4v) is 2.98. The van der Waals surface area contributed by atoms with Crippen molar-refractivity contribution < 1.29 is 9.21 Å². The molecule has 0 N–H and O–H groups in total. The number of nitrogens with zero attached hydrogens (tertiary/aromatic N) is 4. The fraction of sp³-hybridized carbons (Fsp3) is 0.136. The minimum atomic E-state index is 0.00380. The Morgan fingerprint density at radius 2 is 1.61 bits per heavy atom. The first-order valence-corrected chi connectivity index (χ1v) is 9.03. The zero-order valence-electron chi connectivity index (χ0n) is 15.5. The average Bonchev–Trinajstić information content (AvgIpc) is 3.38. The summed E-state index contributed by atoms with van der Waals surface area (Å²) in [4.78, 5) is 14.4. The fourth-order valence-electron chi connectivity index (χ4n) is 2.98. The van der Waals surface area contributed by atoms with Gasteiger partial charge in [0, 0.05) is 25.4 Å².